The SMILES string of the molecule is CC(C)CC1NC(=O)OC1/C=C/c1ccccc1. The molecule has 2 unspecified atom stereocenters. The molecule has 3 nitrogen and oxygen atoms in total. The van der Waals surface area contributed by atoms with Crippen LogP contribution >= 0.6 is 0 Å². The van der Waals surface area contributed by atoms with Crippen molar-refractivity contribution < 1.29 is 9.53 Å². The number of carbonyl (C=O) groups is 1. The highest BCUT2D eigenvalue weighted by Crippen LogP contribution is 2.18. The van der Waals surface area contributed by atoms with Gasteiger partial charge < -0.3 is 10.1 Å². The molecule has 96 valence electrons. The first-order valence-corrected chi connectivity index (χ1v) is 6.35. The largest absolute Gasteiger partial charge is 0.440 e. The van der Waals surface area contributed by atoms with Gasteiger partial charge in [0.1, 0.15) is 6.10 Å². The van der Waals surface area contributed by atoms with Crippen molar-refractivity contribution in [2.24, 2.45) is 5.92 Å². The second-order valence-electron chi connectivity index (χ2n) is 5.02. The molecule has 0 spiro atoms. The Morgan fingerprint density at radius 1 is 1.33 bits per heavy atom. The Bertz CT molecular complexity index is 425. The van der Waals surface area contributed by atoms with Crippen molar-refractivity contribution in [3.8, 4) is 0 Å². The molecule has 1 saturated heterocycles. The quantitative estimate of drug-likeness (QED) is 0.884. The van der Waals surface area contributed by atoms with Crippen LogP contribution in [0.4, 0.5) is 4.79 Å². The number of rotatable bonds is 4. The van der Waals surface area contributed by atoms with Crippen LogP contribution in [0.5, 0.6) is 0 Å². The molecule has 1 aromatic carbocycles. The summed E-state index contributed by atoms with van der Waals surface area (Å²) in [7, 11) is 0. The normalized spacial score (nSPS) is 23.4. The lowest BCUT2D eigenvalue weighted by Gasteiger charge is -2.15. The third-order valence-corrected chi connectivity index (χ3v) is 2.95. The van der Waals surface area contributed by atoms with Crippen LogP contribution in [-0.2, 0) is 4.74 Å². The van der Waals surface area contributed by atoms with E-state index < -0.39 is 0 Å². The van der Waals surface area contributed by atoms with Gasteiger partial charge in [-0.15, -0.1) is 0 Å². The fourth-order valence-corrected chi connectivity index (χ4v) is 2.12. The van der Waals surface area contributed by atoms with Crippen LogP contribution in [0, 0.1) is 5.92 Å². The van der Waals surface area contributed by atoms with Crippen molar-refractivity contribution in [2.45, 2.75) is 32.4 Å². The highest BCUT2D eigenvalue weighted by molar-refractivity contribution is 5.71. The molecular weight excluding hydrogens is 226 g/mol. The van der Waals surface area contributed by atoms with Gasteiger partial charge in [-0.25, -0.2) is 4.79 Å². The minimum Gasteiger partial charge on any atom is -0.440 e. The Labute approximate surface area is 108 Å². The van der Waals surface area contributed by atoms with Crippen molar-refractivity contribution in [3.05, 3.63) is 42.0 Å². The number of carbonyl (C=O) groups excluding carboxylic acids is 1. The molecule has 0 aliphatic carbocycles. The molecule has 18 heavy (non-hydrogen) atoms. The lowest BCUT2D eigenvalue weighted by Crippen LogP contribution is -2.31. The maximum atomic E-state index is 11.3. The van der Waals surface area contributed by atoms with Gasteiger partial charge >= 0.3 is 6.09 Å². The number of alkyl carbamates (subject to hydrolysis) is 1. The van der Waals surface area contributed by atoms with Crippen LogP contribution in [0.1, 0.15) is 25.8 Å². The fraction of sp³-hybridized carbons (Fsp3) is 0.400. The number of amides is 1. The van der Waals surface area contributed by atoms with E-state index in [0.717, 1.165) is 12.0 Å². The summed E-state index contributed by atoms with van der Waals surface area (Å²) < 4.78 is 5.26. The topological polar surface area (TPSA) is 38.3 Å². The van der Waals surface area contributed by atoms with E-state index in [1.165, 1.54) is 0 Å². The molecule has 1 aromatic rings. The molecule has 0 saturated carbocycles. The molecule has 3 heteroatoms. The summed E-state index contributed by atoms with van der Waals surface area (Å²) >= 11 is 0. The van der Waals surface area contributed by atoms with E-state index in [-0.39, 0.29) is 18.2 Å². The molecule has 1 aliphatic rings. The van der Waals surface area contributed by atoms with Gasteiger partial charge in [0.15, 0.2) is 0 Å². The number of nitrogens with one attached hydrogen (secondary N) is 1. The molecule has 2 atom stereocenters. The van der Waals surface area contributed by atoms with Crippen LogP contribution in [0.3, 0.4) is 0 Å². The summed E-state index contributed by atoms with van der Waals surface area (Å²) in [4.78, 5) is 11.3. The second kappa shape index (κ2) is 5.71. The van der Waals surface area contributed by atoms with Gasteiger partial charge in [0, 0.05) is 0 Å². The molecule has 1 N–H and O–H groups in total. The van der Waals surface area contributed by atoms with Crippen LogP contribution in [0.15, 0.2) is 36.4 Å². The molecule has 0 aromatic heterocycles. The zero-order valence-corrected chi connectivity index (χ0v) is 10.8. The summed E-state index contributed by atoms with van der Waals surface area (Å²) in [5, 5.41) is 2.86. The molecular formula is C15H19NO2. The van der Waals surface area contributed by atoms with E-state index in [1.54, 1.807) is 0 Å². The lowest BCUT2D eigenvalue weighted by molar-refractivity contribution is 0.151. The van der Waals surface area contributed by atoms with E-state index >= 15 is 0 Å². The van der Waals surface area contributed by atoms with Gasteiger partial charge in [0.05, 0.1) is 6.04 Å². The molecule has 0 radical (unpaired) electrons. The Morgan fingerprint density at radius 3 is 2.72 bits per heavy atom. The van der Waals surface area contributed by atoms with Crippen LogP contribution in [0.2, 0.25) is 0 Å². The van der Waals surface area contributed by atoms with E-state index in [2.05, 4.69) is 19.2 Å². The summed E-state index contributed by atoms with van der Waals surface area (Å²) in [5.74, 6) is 0.532. The first-order valence-electron chi connectivity index (χ1n) is 6.35. The number of benzene rings is 1. The molecule has 0 bridgehead atoms. The predicted molar refractivity (Wildman–Crippen MR) is 72.1 cm³/mol. The van der Waals surface area contributed by atoms with Crippen molar-refractivity contribution in [1.82, 2.24) is 5.32 Å². The van der Waals surface area contributed by atoms with Gasteiger partial charge in [-0.3, -0.25) is 0 Å². The number of hydrogen-bond acceptors (Lipinski definition) is 2. The fourth-order valence-electron chi connectivity index (χ4n) is 2.12. The molecule has 1 heterocycles. The zero-order valence-electron chi connectivity index (χ0n) is 10.8. The molecule has 1 aliphatic heterocycles. The first kappa shape index (κ1) is 12.7. The van der Waals surface area contributed by atoms with E-state index in [9.17, 15) is 4.79 Å². The van der Waals surface area contributed by atoms with Gasteiger partial charge in [-0.05, 0) is 24.0 Å². The standard InChI is InChI=1S/C15H19NO2/c1-11(2)10-13-14(18-15(17)16-13)9-8-12-6-4-3-5-7-12/h3-9,11,13-14H,10H2,1-2H3,(H,16,17)/b9-8+. The Kier molecular flexibility index (Phi) is 4.03. The van der Waals surface area contributed by atoms with Crippen molar-refractivity contribution in [2.75, 3.05) is 0 Å². The predicted octanol–water partition coefficient (Wildman–Crippen LogP) is 3.22. The number of ether oxygens (including phenoxy) is 1. The maximum absolute atomic E-state index is 11.3. The van der Waals surface area contributed by atoms with Gasteiger partial charge in [-0.1, -0.05) is 50.3 Å². The second-order valence-corrected chi connectivity index (χ2v) is 5.02. The van der Waals surface area contributed by atoms with E-state index in [4.69, 9.17) is 4.74 Å². The summed E-state index contributed by atoms with van der Waals surface area (Å²) in [6, 6.07) is 10.1. The molecule has 2 rings (SSSR count). The summed E-state index contributed by atoms with van der Waals surface area (Å²) in [6.45, 7) is 4.28. The first-order chi connectivity index (χ1) is 8.65. The maximum Gasteiger partial charge on any atom is 0.408 e. The third-order valence-electron chi connectivity index (χ3n) is 2.95. The van der Waals surface area contributed by atoms with E-state index in [0.29, 0.717) is 5.92 Å². The Balaban J connectivity index is 2.02. The Morgan fingerprint density at radius 2 is 2.06 bits per heavy atom. The smallest absolute Gasteiger partial charge is 0.408 e. The van der Waals surface area contributed by atoms with Crippen LogP contribution < -0.4 is 5.32 Å². The van der Waals surface area contributed by atoms with Crippen LogP contribution in [-0.4, -0.2) is 18.2 Å². The van der Waals surface area contributed by atoms with Crippen molar-refractivity contribution in [3.63, 3.8) is 0 Å². The average molecular weight is 245 g/mol. The van der Waals surface area contributed by atoms with Gasteiger partial charge in [0.2, 0.25) is 0 Å². The van der Waals surface area contributed by atoms with E-state index in [1.807, 2.05) is 42.5 Å². The summed E-state index contributed by atoms with van der Waals surface area (Å²) in [6.07, 6.45) is 4.40. The molecule has 1 fully saturated rings. The van der Waals surface area contributed by atoms with Gasteiger partial charge in [-0.2, -0.15) is 0 Å². The highest BCUT2D eigenvalue weighted by Gasteiger charge is 2.32. The van der Waals surface area contributed by atoms with Crippen molar-refractivity contribution >= 4 is 12.2 Å². The minimum absolute atomic E-state index is 0.0810. The summed E-state index contributed by atoms with van der Waals surface area (Å²) in [5.41, 5.74) is 1.11. The average Bonchev–Trinajstić information content (AvgIpc) is 2.67. The van der Waals surface area contributed by atoms with Crippen LogP contribution in [0.25, 0.3) is 6.08 Å². The lowest BCUT2D eigenvalue weighted by atomic mass is 9.99. The number of cyclic esters (lactones) is 1. The monoisotopic (exact) mass is 245 g/mol. The third kappa shape index (κ3) is 3.36. The minimum atomic E-state index is -0.316. The Hall–Kier alpha value is -1.77. The van der Waals surface area contributed by atoms with Crippen molar-refractivity contribution in [1.29, 1.82) is 0 Å². The van der Waals surface area contributed by atoms with Gasteiger partial charge in [0.25, 0.3) is 0 Å². The highest BCUT2D eigenvalue weighted by atomic mass is 16.6. The molecule has 1 amide bonds. The zero-order chi connectivity index (χ0) is 13.0. The number of hydrogen-bond donors (Lipinski definition) is 1.